The van der Waals surface area contributed by atoms with E-state index in [-0.39, 0.29) is 19.6 Å². The molecule has 0 spiro atoms. The minimum Gasteiger partial charge on any atom is -0.481 e. The van der Waals surface area contributed by atoms with E-state index in [1.165, 1.54) is 0 Å². The number of aliphatic carboxylic acids is 2. The van der Waals surface area contributed by atoms with Crippen LogP contribution in [0, 0.1) is 5.92 Å². The van der Waals surface area contributed by atoms with Gasteiger partial charge in [0.05, 0.1) is 0 Å². The molecule has 0 radical (unpaired) electrons. The van der Waals surface area contributed by atoms with Crippen LogP contribution in [0.3, 0.4) is 0 Å². The predicted octanol–water partition coefficient (Wildman–Crippen LogP) is 0.358. The van der Waals surface area contributed by atoms with E-state index in [0.717, 1.165) is 5.56 Å². The van der Waals surface area contributed by atoms with Crippen LogP contribution < -0.4 is 21.4 Å². The third-order valence-corrected chi connectivity index (χ3v) is 7.07. The Bertz CT molecular complexity index is 1450. The highest BCUT2D eigenvalue weighted by atomic mass is 16.6. The normalized spacial score (nSPS) is 16.1. The van der Waals surface area contributed by atoms with Gasteiger partial charge in [-0.05, 0) is 29.9 Å². The summed E-state index contributed by atoms with van der Waals surface area (Å²) in [4.78, 5) is 87.3. The zero-order valence-electron chi connectivity index (χ0n) is 26.4. The fourth-order valence-corrected chi connectivity index (χ4v) is 4.47. The van der Waals surface area contributed by atoms with Gasteiger partial charge in [-0.25, -0.2) is 9.80 Å². The number of alkyl carbamates (subject to hydrolysis) is 1. The first-order valence-corrected chi connectivity index (χ1v) is 15.2. The van der Waals surface area contributed by atoms with Crippen LogP contribution in [0.25, 0.3) is 0 Å². The molecular weight excluding hydrogens is 630 g/mol. The molecule has 2 aromatic rings. The van der Waals surface area contributed by atoms with Crippen molar-refractivity contribution in [3.63, 3.8) is 0 Å². The number of hydrazine groups is 1. The minimum absolute atomic E-state index is 0.120. The standard InChI is InChI=1S/C32H39N5O11/c1-19(2)25(35-28(42)22(13-14-23(38)39)34-32(46)47-18-21-11-7-4-8-12-21)29(43)36-37(17-24(40)41)31(45)27-26(48-27)30(44)33-16-15-20-9-5-3-6-10-20/h3-12,19,22,25-27H,13-18H2,1-2H3,(H,33,44)(H,34,46)(H,35,42)(H,36,43)(H,38,39)(H,40,41)/t22-,25-,26-,27-/m0/s1. The van der Waals surface area contributed by atoms with E-state index in [9.17, 15) is 38.7 Å². The number of epoxide rings is 1. The molecule has 1 saturated heterocycles. The van der Waals surface area contributed by atoms with Gasteiger partial charge in [-0.2, -0.15) is 0 Å². The van der Waals surface area contributed by atoms with E-state index < -0.39 is 84.8 Å². The molecule has 0 saturated carbocycles. The van der Waals surface area contributed by atoms with Gasteiger partial charge in [0.1, 0.15) is 25.2 Å². The monoisotopic (exact) mass is 669 g/mol. The fourth-order valence-electron chi connectivity index (χ4n) is 4.47. The second-order valence-electron chi connectivity index (χ2n) is 11.2. The maximum atomic E-state index is 13.3. The summed E-state index contributed by atoms with van der Waals surface area (Å²) in [6.45, 7) is 2.28. The molecular formula is C32H39N5O11. The lowest BCUT2D eigenvalue weighted by molar-refractivity contribution is -0.151. The zero-order valence-corrected chi connectivity index (χ0v) is 26.4. The van der Waals surface area contributed by atoms with Gasteiger partial charge >= 0.3 is 18.0 Å². The number of rotatable bonds is 17. The van der Waals surface area contributed by atoms with Crippen molar-refractivity contribution in [2.45, 2.75) is 64.0 Å². The molecule has 16 heteroatoms. The van der Waals surface area contributed by atoms with Crippen molar-refractivity contribution >= 4 is 41.7 Å². The van der Waals surface area contributed by atoms with E-state index in [1.54, 1.807) is 44.2 Å². The number of benzene rings is 2. The third-order valence-electron chi connectivity index (χ3n) is 7.07. The summed E-state index contributed by atoms with van der Waals surface area (Å²) in [7, 11) is 0. The van der Waals surface area contributed by atoms with Crippen molar-refractivity contribution in [2.24, 2.45) is 5.92 Å². The summed E-state index contributed by atoms with van der Waals surface area (Å²) in [5, 5.41) is 26.4. The van der Waals surface area contributed by atoms with Crippen LogP contribution in [-0.4, -0.2) is 94.3 Å². The van der Waals surface area contributed by atoms with Gasteiger partial charge in [0, 0.05) is 13.0 Å². The van der Waals surface area contributed by atoms with Crippen LogP contribution in [0.4, 0.5) is 4.79 Å². The summed E-state index contributed by atoms with van der Waals surface area (Å²) in [5.41, 5.74) is 3.83. The molecule has 258 valence electrons. The van der Waals surface area contributed by atoms with Crippen molar-refractivity contribution in [1.29, 1.82) is 0 Å². The van der Waals surface area contributed by atoms with Crippen molar-refractivity contribution < 1.29 is 53.2 Å². The largest absolute Gasteiger partial charge is 0.481 e. The van der Waals surface area contributed by atoms with Gasteiger partial charge in [0.25, 0.3) is 17.7 Å². The molecule has 0 aliphatic carbocycles. The van der Waals surface area contributed by atoms with Crippen molar-refractivity contribution in [1.82, 2.24) is 26.4 Å². The first-order chi connectivity index (χ1) is 22.8. The van der Waals surface area contributed by atoms with Gasteiger partial charge in [-0.3, -0.25) is 34.2 Å². The number of carbonyl (C=O) groups excluding carboxylic acids is 5. The lowest BCUT2D eigenvalue weighted by atomic mass is 10.0. The molecule has 3 rings (SSSR count). The van der Waals surface area contributed by atoms with Gasteiger partial charge in [0.2, 0.25) is 5.91 Å². The summed E-state index contributed by atoms with van der Waals surface area (Å²) >= 11 is 0. The number of hydrogen-bond donors (Lipinski definition) is 6. The summed E-state index contributed by atoms with van der Waals surface area (Å²) in [6.07, 6.45) is -3.85. The average molecular weight is 670 g/mol. The van der Waals surface area contributed by atoms with Gasteiger partial charge in [0.15, 0.2) is 12.2 Å². The Morgan fingerprint density at radius 3 is 2.04 bits per heavy atom. The molecule has 16 nitrogen and oxygen atoms in total. The Balaban J connectivity index is 1.60. The van der Waals surface area contributed by atoms with E-state index in [1.807, 2.05) is 30.3 Å². The number of hydrogen-bond acceptors (Lipinski definition) is 9. The zero-order chi connectivity index (χ0) is 35.2. The molecule has 1 aliphatic heterocycles. The molecule has 0 aromatic heterocycles. The van der Waals surface area contributed by atoms with Gasteiger partial charge in [-0.15, -0.1) is 0 Å². The van der Waals surface area contributed by atoms with Crippen LogP contribution in [-0.2, 0) is 51.3 Å². The molecule has 0 unspecified atom stereocenters. The number of ether oxygens (including phenoxy) is 2. The quantitative estimate of drug-likeness (QED) is 0.0994. The molecule has 1 heterocycles. The first kappa shape index (κ1) is 37.0. The number of carboxylic acid groups (broad SMARTS) is 2. The second kappa shape index (κ2) is 18.0. The number of nitrogens with zero attached hydrogens (tertiary/aromatic N) is 1. The topological polar surface area (TPSA) is 233 Å². The predicted molar refractivity (Wildman–Crippen MR) is 166 cm³/mol. The molecule has 48 heavy (non-hydrogen) atoms. The molecule has 1 fully saturated rings. The second-order valence-corrected chi connectivity index (χ2v) is 11.2. The Morgan fingerprint density at radius 1 is 0.833 bits per heavy atom. The highest BCUT2D eigenvalue weighted by Crippen LogP contribution is 2.24. The minimum atomic E-state index is -1.48. The van der Waals surface area contributed by atoms with Crippen molar-refractivity contribution in [2.75, 3.05) is 13.1 Å². The van der Waals surface area contributed by atoms with E-state index in [2.05, 4.69) is 21.4 Å². The third kappa shape index (κ3) is 12.0. The molecule has 6 N–H and O–H groups in total. The molecule has 4 atom stereocenters. The lowest BCUT2D eigenvalue weighted by Gasteiger charge is -2.28. The average Bonchev–Trinajstić information content (AvgIpc) is 3.85. The van der Waals surface area contributed by atoms with E-state index in [4.69, 9.17) is 14.6 Å². The Morgan fingerprint density at radius 2 is 1.46 bits per heavy atom. The Hall–Kier alpha value is -5.51. The summed E-state index contributed by atoms with van der Waals surface area (Å²) in [6, 6.07) is 15.2. The fraction of sp³-hybridized carbons (Fsp3) is 0.406. The highest BCUT2D eigenvalue weighted by Gasteiger charge is 2.52. The number of carbonyl (C=O) groups is 7. The summed E-state index contributed by atoms with van der Waals surface area (Å²) in [5.74, 6) is -6.83. The van der Waals surface area contributed by atoms with Crippen LogP contribution in [0.1, 0.15) is 37.8 Å². The number of carboxylic acids is 2. The van der Waals surface area contributed by atoms with Gasteiger partial charge in [-0.1, -0.05) is 74.5 Å². The number of nitrogens with one attached hydrogen (secondary N) is 4. The first-order valence-electron chi connectivity index (χ1n) is 15.2. The SMILES string of the molecule is CC(C)[C@H](NC(=O)[C@H](CCC(=O)O)NC(=O)OCc1ccccc1)C(=O)NN(CC(=O)O)C(=O)[C@H]1O[C@@H]1C(=O)NCCc1ccccc1. The van der Waals surface area contributed by atoms with Crippen molar-refractivity contribution in [3.8, 4) is 0 Å². The molecule has 5 amide bonds. The molecule has 0 bridgehead atoms. The smallest absolute Gasteiger partial charge is 0.408 e. The van der Waals surface area contributed by atoms with Crippen LogP contribution >= 0.6 is 0 Å². The lowest BCUT2D eigenvalue weighted by Crippen LogP contribution is -2.60. The Labute approximate surface area is 276 Å². The van der Waals surface area contributed by atoms with Crippen LogP contribution in [0.15, 0.2) is 60.7 Å². The highest BCUT2D eigenvalue weighted by molar-refractivity contribution is 5.97. The molecule has 1 aliphatic rings. The van der Waals surface area contributed by atoms with Crippen molar-refractivity contribution in [3.05, 3.63) is 71.8 Å². The van der Waals surface area contributed by atoms with E-state index >= 15 is 0 Å². The van der Waals surface area contributed by atoms with Gasteiger partial charge < -0.3 is 35.6 Å². The van der Waals surface area contributed by atoms with E-state index in [0.29, 0.717) is 17.0 Å². The van der Waals surface area contributed by atoms with Crippen LogP contribution in [0.5, 0.6) is 0 Å². The number of amides is 5. The van der Waals surface area contributed by atoms with Crippen LogP contribution in [0.2, 0.25) is 0 Å². The Kier molecular flexibility index (Phi) is 13.8. The maximum absolute atomic E-state index is 13.3. The maximum Gasteiger partial charge on any atom is 0.408 e. The molecule has 2 aromatic carbocycles. The summed E-state index contributed by atoms with van der Waals surface area (Å²) < 4.78 is 10.3.